The van der Waals surface area contributed by atoms with Crippen LogP contribution in [0.1, 0.15) is 50.6 Å². The first-order valence-corrected chi connectivity index (χ1v) is 11.2. The SMILES string of the molecule is CC[C@@]1(c2cccc(-c3c(C)nn(C)c3C)c2)C2=CN=NC2NC2=C1C(=O)NC(C)(C)C2. The van der Waals surface area contributed by atoms with Crippen LogP contribution in [0.25, 0.3) is 11.1 Å². The van der Waals surface area contributed by atoms with E-state index >= 15 is 0 Å². The van der Waals surface area contributed by atoms with Crippen molar-refractivity contribution in [2.75, 3.05) is 0 Å². The molecule has 2 aromatic rings. The van der Waals surface area contributed by atoms with Crippen LogP contribution in [-0.2, 0) is 17.3 Å². The van der Waals surface area contributed by atoms with Crippen LogP contribution in [0, 0.1) is 13.8 Å². The molecule has 1 aromatic heterocycles. The number of aryl methyl sites for hydroxylation is 2. The monoisotopic (exact) mass is 430 g/mol. The van der Waals surface area contributed by atoms with Crippen molar-refractivity contribution in [2.45, 2.75) is 64.6 Å². The summed E-state index contributed by atoms with van der Waals surface area (Å²) in [4.78, 5) is 13.5. The lowest BCUT2D eigenvalue weighted by Gasteiger charge is -2.48. The summed E-state index contributed by atoms with van der Waals surface area (Å²) in [6.45, 7) is 10.4. The van der Waals surface area contributed by atoms with Gasteiger partial charge in [-0.2, -0.15) is 15.3 Å². The van der Waals surface area contributed by atoms with E-state index in [9.17, 15) is 4.79 Å². The molecule has 7 heteroatoms. The quantitative estimate of drug-likeness (QED) is 0.766. The average molecular weight is 431 g/mol. The third-order valence-corrected chi connectivity index (χ3v) is 7.19. The molecule has 5 rings (SSSR count). The molecule has 0 bridgehead atoms. The first-order chi connectivity index (χ1) is 15.2. The summed E-state index contributed by atoms with van der Waals surface area (Å²) in [6.07, 6.45) is 3.07. The van der Waals surface area contributed by atoms with E-state index < -0.39 is 5.41 Å². The fraction of sp³-hybridized carbons (Fsp3) is 0.440. The number of rotatable bonds is 3. The van der Waals surface area contributed by atoms with Gasteiger partial charge in [-0.05, 0) is 51.3 Å². The smallest absolute Gasteiger partial charge is 0.250 e. The zero-order valence-electron chi connectivity index (χ0n) is 19.6. The van der Waals surface area contributed by atoms with Gasteiger partial charge in [0.05, 0.1) is 22.9 Å². The second-order valence-corrected chi connectivity index (χ2v) is 9.74. The second-order valence-electron chi connectivity index (χ2n) is 9.74. The minimum Gasteiger partial charge on any atom is -0.362 e. The van der Waals surface area contributed by atoms with Gasteiger partial charge in [0.1, 0.15) is 0 Å². The molecular weight excluding hydrogens is 400 g/mol. The molecule has 1 aromatic carbocycles. The Morgan fingerprint density at radius 3 is 2.72 bits per heavy atom. The lowest BCUT2D eigenvalue weighted by atomic mass is 9.62. The number of carbonyl (C=O) groups excluding carboxylic acids is 1. The molecule has 7 nitrogen and oxygen atoms in total. The van der Waals surface area contributed by atoms with Crippen LogP contribution in [0.3, 0.4) is 0 Å². The van der Waals surface area contributed by atoms with E-state index in [1.165, 1.54) is 0 Å². The van der Waals surface area contributed by atoms with Crippen molar-refractivity contribution in [3.63, 3.8) is 0 Å². The van der Waals surface area contributed by atoms with Crippen molar-refractivity contribution in [3.8, 4) is 11.1 Å². The van der Waals surface area contributed by atoms with Crippen molar-refractivity contribution >= 4 is 5.91 Å². The van der Waals surface area contributed by atoms with Crippen LogP contribution in [0.2, 0.25) is 0 Å². The first-order valence-electron chi connectivity index (χ1n) is 11.2. The zero-order chi connectivity index (χ0) is 22.8. The number of amides is 1. The molecule has 1 unspecified atom stereocenters. The van der Waals surface area contributed by atoms with Crippen LogP contribution in [0.4, 0.5) is 0 Å². The van der Waals surface area contributed by atoms with Crippen LogP contribution in [0.15, 0.2) is 57.5 Å². The summed E-state index contributed by atoms with van der Waals surface area (Å²) in [6, 6.07) is 8.56. The molecule has 0 fully saturated rings. The molecule has 4 heterocycles. The van der Waals surface area contributed by atoms with Crippen LogP contribution < -0.4 is 10.6 Å². The van der Waals surface area contributed by atoms with Gasteiger partial charge in [0, 0.05) is 41.5 Å². The molecule has 1 amide bonds. The van der Waals surface area contributed by atoms with Crippen molar-refractivity contribution in [3.05, 3.63) is 64.3 Å². The number of aromatic nitrogens is 2. The predicted molar refractivity (Wildman–Crippen MR) is 124 cm³/mol. The summed E-state index contributed by atoms with van der Waals surface area (Å²) in [5.74, 6) is -0.0176. The largest absolute Gasteiger partial charge is 0.362 e. The summed E-state index contributed by atoms with van der Waals surface area (Å²) in [5.41, 5.74) is 7.37. The average Bonchev–Trinajstić information content (AvgIpc) is 3.29. The number of hydrogen-bond acceptors (Lipinski definition) is 5. The third-order valence-electron chi connectivity index (χ3n) is 7.19. The van der Waals surface area contributed by atoms with E-state index in [4.69, 9.17) is 0 Å². The van der Waals surface area contributed by atoms with Gasteiger partial charge < -0.3 is 10.6 Å². The summed E-state index contributed by atoms with van der Waals surface area (Å²) >= 11 is 0. The topological polar surface area (TPSA) is 83.7 Å². The Hall–Kier alpha value is -3.22. The van der Waals surface area contributed by atoms with Crippen molar-refractivity contribution in [1.82, 2.24) is 20.4 Å². The van der Waals surface area contributed by atoms with Crippen LogP contribution in [0.5, 0.6) is 0 Å². The fourth-order valence-corrected chi connectivity index (χ4v) is 5.74. The normalized spacial score (nSPS) is 25.8. The van der Waals surface area contributed by atoms with Gasteiger partial charge in [0.2, 0.25) is 0 Å². The third kappa shape index (κ3) is 2.80. The van der Waals surface area contributed by atoms with Crippen molar-refractivity contribution in [1.29, 1.82) is 0 Å². The Bertz CT molecular complexity index is 1230. The molecular formula is C25H30N6O. The highest BCUT2D eigenvalue weighted by atomic mass is 16.2. The van der Waals surface area contributed by atoms with E-state index in [0.29, 0.717) is 0 Å². The zero-order valence-corrected chi connectivity index (χ0v) is 19.6. The Morgan fingerprint density at radius 2 is 2.03 bits per heavy atom. The number of fused-ring (bicyclic) bond motifs is 1. The Kier molecular flexibility index (Phi) is 4.45. The first kappa shape index (κ1) is 20.7. The van der Waals surface area contributed by atoms with Crippen molar-refractivity contribution < 1.29 is 4.79 Å². The minimum absolute atomic E-state index is 0.0176. The molecule has 0 radical (unpaired) electrons. The van der Waals surface area contributed by atoms with E-state index in [1.54, 1.807) is 0 Å². The molecule has 3 aliphatic rings. The van der Waals surface area contributed by atoms with Crippen molar-refractivity contribution in [2.24, 2.45) is 17.3 Å². The number of azo groups is 1. The highest BCUT2D eigenvalue weighted by Gasteiger charge is 2.53. The minimum atomic E-state index is -0.588. The van der Waals surface area contributed by atoms with Gasteiger partial charge in [-0.25, -0.2) is 0 Å². The van der Waals surface area contributed by atoms with E-state index in [1.807, 2.05) is 24.9 Å². The maximum atomic E-state index is 13.5. The number of hydrogen-bond donors (Lipinski definition) is 2. The molecule has 0 saturated carbocycles. The standard InChI is InChI=1S/C25H30N6O/c1-7-25(17-10-8-9-16(11-17)20-14(2)30-31(6)15(20)3)18-13-26-29-22(18)27-19-12-24(4,5)28-23(32)21(19)25/h8-11,13,22,27H,7,12H2,1-6H3,(H,28,32)/t22?,25-/m1/s1. The molecule has 0 spiro atoms. The lowest BCUT2D eigenvalue weighted by Crippen LogP contribution is -2.58. The molecule has 3 aliphatic heterocycles. The molecule has 0 aliphatic carbocycles. The van der Waals surface area contributed by atoms with Gasteiger partial charge in [-0.1, -0.05) is 25.1 Å². The summed E-state index contributed by atoms with van der Waals surface area (Å²) in [7, 11) is 1.97. The predicted octanol–water partition coefficient (Wildman–Crippen LogP) is 4.18. The van der Waals surface area contributed by atoms with Crippen LogP contribution >= 0.6 is 0 Å². The second kappa shape index (κ2) is 6.89. The molecule has 0 saturated heterocycles. The van der Waals surface area contributed by atoms with E-state index in [-0.39, 0.29) is 17.6 Å². The molecule has 32 heavy (non-hydrogen) atoms. The number of nitrogens with zero attached hydrogens (tertiary/aromatic N) is 4. The van der Waals surface area contributed by atoms with Gasteiger partial charge in [0.15, 0.2) is 6.17 Å². The lowest BCUT2D eigenvalue weighted by molar-refractivity contribution is -0.120. The Morgan fingerprint density at radius 1 is 1.25 bits per heavy atom. The summed E-state index contributed by atoms with van der Waals surface area (Å²) < 4.78 is 1.92. The highest BCUT2D eigenvalue weighted by Crippen LogP contribution is 2.51. The van der Waals surface area contributed by atoms with Gasteiger partial charge in [-0.3, -0.25) is 9.48 Å². The highest BCUT2D eigenvalue weighted by molar-refractivity contribution is 6.00. The number of benzene rings is 1. The van der Waals surface area contributed by atoms with Crippen LogP contribution in [-0.4, -0.2) is 27.4 Å². The molecule has 166 valence electrons. The fourth-order valence-electron chi connectivity index (χ4n) is 5.74. The maximum Gasteiger partial charge on any atom is 0.250 e. The Balaban J connectivity index is 1.75. The summed E-state index contributed by atoms with van der Waals surface area (Å²) in [5, 5.41) is 20.0. The van der Waals surface area contributed by atoms with E-state index in [0.717, 1.165) is 57.8 Å². The van der Waals surface area contributed by atoms with Gasteiger partial charge in [-0.15, -0.1) is 0 Å². The van der Waals surface area contributed by atoms with Gasteiger partial charge in [0.25, 0.3) is 5.91 Å². The Labute approximate surface area is 188 Å². The number of nitrogens with one attached hydrogen (secondary N) is 2. The molecule has 2 atom stereocenters. The number of carbonyl (C=O) groups is 1. The van der Waals surface area contributed by atoms with Gasteiger partial charge >= 0.3 is 0 Å². The maximum absolute atomic E-state index is 13.5. The van der Waals surface area contributed by atoms with E-state index in [2.05, 4.69) is 77.9 Å². The molecule has 2 N–H and O–H groups in total.